The summed E-state index contributed by atoms with van der Waals surface area (Å²) in [4.78, 5) is 13.9. The van der Waals surface area contributed by atoms with E-state index in [2.05, 4.69) is 0 Å². The Hall–Kier alpha value is -2.42. The van der Waals surface area contributed by atoms with Crippen molar-refractivity contribution in [2.45, 2.75) is 13.3 Å². The lowest BCUT2D eigenvalue weighted by Crippen LogP contribution is -2.32. The second-order valence-corrected chi connectivity index (χ2v) is 4.09. The lowest BCUT2D eigenvalue weighted by atomic mass is 10.1. The van der Waals surface area contributed by atoms with Crippen LogP contribution in [0.25, 0.3) is 0 Å². The maximum atomic E-state index is 12.3. The minimum absolute atomic E-state index is 0.137. The molecule has 1 heterocycles. The molecule has 1 aliphatic heterocycles. The lowest BCUT2D eigenvalue weighted by Gasteiger charge is -2.20. The van der Waals surface area contributed by atoms with Crippen LogP contribution in [0.2, 0.25) is 0 Å². The number of ether oxygens (including phenoxy) is 2. The molecule has 0 fully saturated rings. The molecule has 0 aromatic heterocycles. The normalized spacial score (nSPS) is 12.0. The largest absolute Gasteiger partial charge is 0.454 e. The van der Waals surface area contributed by atoms with E-state index in [4.69, 9.17) is 20.5 Å². The van der Waals surface area contributed by atoms with Crippen LogP contribution in [0.5, 0.6) is 11.5 Å². The van der Waals surface area contributed by atoms with E-state index in [1.807, 2.05) is 13.0 Å². The Bertz CT molecular complexity index is 537. The zero-order valence-corrected chi connectivity index (χ0v) is 10.7. The van der Waals surface area contributed by atoms with Crippen LogP contribution in [0, 0.1) is 11.3 Å². The third-order valence-electron chi connectivity index (χ3n) is 2.94. The summed E-state index contributed by atoms with van der Waals surface area (Å²) in [5.74, 6) is 0.872. The van der Waals surface area contributed by atoms with Gasteiger partial charge in [0.15, 0.2) is 11.5 Å². The molecule has 0 spiro atoms. The number of anilines is 1. The quantitative estimate of drug-likeness (QED) is 0.827. The molecule has 100 valence electrons. The highest BCUT2D eigenvalue weighted by atomic mass is 16.7. The van der Waals surface area contributed by atoms with E-state index in [-0.39, 0.29) is 12.7 Å². The van der Waals surface area contributed by atoms with Crippen molar-refractivity contribution in [1.82, 2.24) is 4.90 Å². The number of nitrogen functional groups attached to an aromatic ring is 1. The Morgan fingerprint density at radius 3 is 2.79 bits per heavy atom. The maximum Gasteiger partial charge on any atom is 0.256 e. The van der Waals surface area contributed by atoms with Crippen molar-refractivity contribution in [3.63, 3.8) is 0 Å². The number of nitrogens with zero attached hydrogens (tertiary/aromatic N) is 2. The molecule has 0 saturated heterocycles. The molecule has 0 saturated carbocycles. The highest BCUT2D eigenvalue weighted by Gasteiger charge is 2.22. The molecule has 0 radical (unpaired) electrons. The minimum atomic E-state index is -0.200. The SMILES string of the molecule is CCN(CCC#N)C(=O)c1cc2c(cc1N)OCO2. The third kappa shape index (κ3) is 2.55. The first-order chi connectivity index (χ1) is 9.17. The Morgan fingerprint density at radius 1 is 1.47 bits per heavy atom. The molecule has 19 heavy (non-hydrogen) atoms. The molecule has 2 N–H and O–H groups in total. The first-order valence-electron chi connectivity index (χ1n) is 6.02. The van der Waals surface area contributed by atoms with E-state index in [1.165, 1.54) is 0 Å². The van der Waals surface area contributed by atoms with Crippen molar-refractivity contribution < 1.29 is 14.3 Å². The van der Waals surface area contributed by atoms with Gasteiger partial charge in [-0.1, -0.05) is 0 Å². The number of hydrogen-bond donors (Lipinski definition) is 1. The summed E-state index contributed by atoms with van der Waals surface area (Å²) in [6, 6.07) is 5.21. The second-order valence-electron chi connectivity index (χ2n) is 4.09. The van der Waals surface area contributed by atoms with Gasteiger partial charge in [-0.2, -0.15) is 5.26 Å². The Balaban J connectivity index is 2.25. The van der Waals surface area contributed by atoms with Gasteiger partial charge >= 0.3 is 0 Å². The van der Waals surface area contributed by atoms with Gasteiger partial charge in [-0.05, 0) is 13.0 Å². The predicted molar refractivity (Wildman–Crippen MR) is 68.8 cm³/mol. The Labute approximate surface area is 111 Å². The van der Waals surface area contributed by atoms with Crippen LogP contribution in [-0.2, 0) is 0 Å². The number of carbonyl (C=O) groups is 1. The molecule has 6 heteroatoms. The molecule has 0 bridgehead atoms. The third-order valence-corrected chi connectivity index (χ3v) is 2.94. The van der Waals surface area contributed by atoms with Crippen LogP contribution in [0.3, 0.4) is 0 Å². The average Bonchev–Trinajstić information content (AvgIpc) is 2.85. The Morgan fingerprint density at radius 2 is 2.16 bits per heavy atom. The first kappa shape index (κ1) is 13.0. The number of amides is 1. The first-order valence-corrected chi connectivity index (χ1v) is 6.02. The van der Waals surface area contributed by atoms with Gasteiger partial charge in [0.05, 0.1) is 18.1 Å². The molecule has 1 amide bonds. The van der Waals surface area contributed by atoms with Gasteiger partial charge in [0, 0.05) is 24.8 Å². The van der Waals surface area contributed by atoms with Gasteiger partial charge in [-0.15, -0.1) is 0 Å². The smallest absolute Gasteiger partial charge is 0.256 e. The lowest BCUT2D eigenvalue weighted by molar-refractivity contribution is 0.0768. The highest BCUT2D eigenvalue weighted by Crippen LogP contribution is 2.36. The summed E-state index contributed by atoms with van der Waals surface area (Å²) in [5, 5.41) is 8.60. The maximum absolute atomic E-state index is 12.3. The number of benzene rings is 1. The van der Waals surface area contributed by atoms with E-state index < -0.39 is 0 Å². The number of rotatable bonds is 4. The van der Waals surface area contributed by atoms with Crippen molar-refractivity contribution in [2.24, 2.45) is 0 Å². The monoisotopic (exact) mass is 261 g/mol. The summed E-state index contributed by atoms with van der Waals surface area (Å²) >= 11 is 0. The van der Waals surface area contributed by atoms with E-state index in [1.54, 1.807) is 17.0 Å². The van der Waals surface area contributed by atoms with Crippen LogP contribution in [0.15, 0.2) is 12.1 Å². The number of nitrogens with two attached hydrogens (primary N) is 1. The molecular weight excluding hydrogens is 246 g/mol. The van der Waals surface area contributed by atoms with E-state index in [0.29, 0.717) is 42.3 Å². The molecule has 0 atom stereocenters. The summed E-state index contributed by atoms with van der Waals surface area (Å²) in [6.07, 6.45) is 0.296. The van der Waals surface area contributed by atoms with Crippen LogP contribution in [0.1, 0.15) is 23.7 Å². The fourth-order valence-electron chi connectivity index (χ4n) is 1.90. The summed E-state index contributed by atoms with van der Waals surface area (Å²) in [7, 11) is 0. The van der Waals surface area contributed by atoms with Gasteiger partial charge in [0.2, 0.25) is 6.79 Å². The van der Waals surface area contributed by atoms with Gasteiger partial charge in [-0.3, -0.25) is 4.79 Å². The summed E-state index contributed by atoms with van der Waals surface area (Å²) < 4.78 is 10.4. The van der Waals surface area contributed by atoms with E-state index >= 15 is 0 Å². The number of hydrogen-bond acceptors (Lipinski definition) is 5. The molecule has 0 aliphatic carbocycles. The van der Waals surface area contributed by atoms with Gasteiger partial charge < -0.3 is 20.1 Å². The highest BCUT2D eigenvalue weighted by molar-refractivity contribution is 6.00. The fraction of sp³-hybridized carbons (Fsp3) is 0.385. The van der Waals surface area contributed by atoms with Crippen LogP contribution < -0.4 is 15.2 Å². The number of carbonyl (C=O) groups excluding carboxylic acids is 1. The number of nitriles is 1. The zero-order valence-electron chi connectivity index (χ0n) is 10.7. The molecular formula is C13H15N3O3. The molecule has 0 unspecified atom stereocenters. The van der Waals surface area contributed by atoms with Crippen molar-refractivity contribution >= 4 is 11.6 Å². The molecule has 1 aliphatic rings. The average molecular weight is 261 g/mol. The fourth-order valence-corrected chi connectivity index (χ4v) is 1.90. The van der Waals surface area contributed by atoms with Gasteiger partial charge in [-0.25, -0.2) is 0 Å². The minimum Gasteiger partial charge on any atom is -0.454 e. The molecule has 2 rings (SSSR count). The topological polar surface area (TPSA) is 88.6 Å². The zero-order chi connectivity index (χ0) is 13.8. The van der Waals surface area contributed by atoms with E-state index in [9.17, 15) is 4.79 Å². The van der Waals surface area contributed by atoms with Gasteiger partial charge in [0.1, 0.15) is 0 Å². The van der Waals surface area contributed by atoms with Crippen LogP contribution in [0.4, 0.5) is 5.69 Å². The van der Waals surface area contributed by atoms with Crippen molar-refractivity contribution in [3.05, 3.63) is 17.7 Å². The summed E-state index contributed by atoms with van der Waals surface area (Å²) in [5.41, 5.74) is 6.60. The van der Waals surface area contributed by atoms with Gasteiger partial charge in [0.25, 0.3) is 5.91 Å². The standard InChI is InChI=1S/C13H15N3O3/c1-2-16(5-3-4-14)13(17)9-6-11-12(7-10(9)15)19-8-18-11/h6-7H,2-3,5,8,15H2,1H3. The molecule has 1 aromatic rings. The summed E-state index contributed by atoms with van der Waals surface area (Å²) in [6.45, 7) is 2.91. The molecule has 6 nitrogen and oxygen atoms in total. The van der Waals surface area contributed by atoms with Crippen LogP contribution in [-0.4, -0.2) is 30.7 Å². The van der Waals surface area contributed by atoms with Crippen LogP contribution >= 0.6 is 0 Å². The van der Waals surface area contributed by atoms with Crippen molar-refractivity contribution in [1.29, 1.82) is 5.26 Å². The van der Waals surface area contributed by atoms with Crippen molar-refractivity contribution in [3.8, 4) is 17.6 Å². The van der Waals surface area contributed by atoms with Crippen molar-refractivity contribution in [2.75, 3.05) is 25.6 Å². The van der Waals surface area contributed by atoms with E-state index in [0.717, 1.165) is 0 Å². The second kappa shape index (κ2) is 5.48. The molecule has 1 aromatic carbocycles. The predicted octanol–water partition coefficient (Wildman–Crippen LogP) is 1.37. The number of fused-ring (bicyclic) bond motifs is 1. The Kier molecular flexibility index (Phi) is 3.76.